The van der Waals surface area contributed by atoms with Crippen LogP contribution in [0.1, 0.15) is 23.0 Å². The molecule has 0 aliphatic heterocycles. The molecule has 0 aromatic carbocycles. The normalized spacial score (nSPS) is 9.94. The summed E-state index contributed by atoms with van der Waals surface area (Å²) in [6.45, 7) is 4.50. The monoisotopic (exact) mass is 225 g/mol. The number of carbonyl (C=O) groups is 1. The molecule has 0 aliphatic carbocycles. The van der Waals surface area contributed by atoms with Gasteiger partial charge in [-0.05, 0) is 13.8 Å². The molecule has 16 heavy (non-hydrogen) atoms. The van der Waals surface area contributed by atoms with E-state index in [1.807, 2.05) is 0 Å². The molecule has 6 heteroatoms. The summed E-state index contributed by atoms with van der Waals surface area (Å²) in [4.78, 5) is 19.3. The predicted molar refractivity (Wildman–Crippen MR) is 57.3 cm³/mol. The molecule has 88 valence electrons. The van der Waals surface area contributed by atoms with E-state index in [1.165, 1.54) is 6.20 Å². The Labute approximate surface area is 93.8 Å². The molecule has 0 bridgehead atoms. The third kappa shape index (κ3) is 3.16. The van der Waals surface area contributed by atoms with Crippen LogP contribution in [0.5, 0.6) is 6.01 Å². The highest BCUT2D eigenvalue weighted by Crippen LogP contribution is 2.09. The largest absolute Gasteiger partial charge is 0.462 e. The first-order chi connectivity index (χ1) is 7.69. The van der Waals surface area contributed by atoms with Crippen LogP contribution in [0.4, 0.5) is 0 Å². The zero-order valence-corrected chi connectivity index (χ0v) is 9.40. The van der Waals surface area contributed by atoms with E-state index in [0.717, 1.165) is 0 Å². The minimum atomic E-state index is -0.426. The van der Waals surface area contributed by atoms with Gasteiger partial charge in [0.15, 0.2) is 0 Å². The number of esters is 1. The number of aryl methyl sites for hydroxylation is 1. The van der Waals surface area contributed by atoms with Gasteiger partial charge < -0.3 is 15.2 Å². The van der Waals surface area contributed by atoms with E-state index in [2.05, 4.69) is 9.97 Å². The molecule has 6 nitrogen and oxygen atoms in total. The lowest BCUT2D eigenvalue weighted by molar-refractivity contribution is 0.0524. The smallest absolute Gasteiger partial charge is 0.341 e. The van der Waals surface area contributed by atoms with Crippen LogP contribution in [0.2, 0.25) is 0 Å². The van der Waals surface area contributed by atoms with Gasteiger partial charge in [-0.2, -0.15) is 4.98 Å². The van der Waals surface area contributed by atoms with Gasteiger partial charge in [-0.15, -0.1) is 0 Å². The molecular formula is C10H15N3O3. The van der Waals surface area contributed by atoms with Crippen molar-refractivity contribution >= 4 is 5.97 Å². The Morgan fingerprint density at radius 3 is 2.88 bits per heavy atom. The fourth-order valence-electron chi connectivity index (χ4n) is 1.07. The molecule has 0 amide bonds. The van der Waals surface area contributed by atoms with Gasteiger partial charge in [0.25, 0.3) is 0 Å². The van der Waals surface area contributed by atoms with Crippen LogP contribution in [-0.2, 0) is 4.74 Å². The second kappa shape index (κ2) is 6.02. The Morgan fingerprint density at radius 2 is 2.31 bits per heavy atom. The van der Waals surface area contributed by atoms with Crippen molar-refractivity contribution in [3.8, 4) is 6.01 Å². The van der Waals surface area contributed by atoms with E-state index in [0.29, 0.717) is 31.0 Å². The Balaban J connectivity index is 2.78. The fourth-order valence-corrected chi connectivity index (χ4v) is 1.07. The van der Waals surface area contributed by atoms with Crippen LogP contribution < -0.4 is 10.5 Å². The van der Waals surface area contributed by atoms with Crippen molar-refractivity contribution in [3.63, 3.8) is 0 Å². The third-order valence-electron chi connectivity index (χ3n) is 1.80. The molecule has 1 aromatic rings. The number of aromatic nitrogens is 2. The number of carbonyl (C=O) groups excluding carboxylic acids is 1. The Bertz CT molecular complexity index is 368. The van der Waals surface area contributed by atoms with E-state index >= 15 is 0 Å². The van der Waals surface area contributed by atoms with Crippen LogP contribution in [-0.4, -0.2) is 35.7 Å². The molecule has 2 N–H and O–H groups in total. The van der Waals surface area contributed by atoms with E-state index in [1.54, 1.807) is 13.8 Å². The van der Waals surface area contributed by atoms with Crippen LogP contribution >= 0.6 is 0 Å². The van der Waals surface area contributed by atoms with Crippen molar-refractivity contribution in [2.75, 3.05) is 19.8 Å². The Hall–Kier alpha value is -1.69. The second-order valence-corrected chi connectivity index (χ2v) is 3.01. The molecule has 0 radical (unpaired) electrons. The number of nitrogens with two attached hydrogens (primary N) is 1. The van der Waals surface area contributed by atoms with Gasteiger partial charge in [0.1, 0.15) is 6.61 Å². The van der Waals surface area contributed by atoms with Crippen molar-refractivity contribution in [1.29, 1.82) is 0 Å². The first kappa shape index (κ1) is 12.4. The molecule has 0 saturated heterocycles. The summed E-state index contributed by atoms with van der Waals surface area (Å²) in [7, 11) is 0. The average molecular weight is 225 g/mol. The topological polar surface area (TPSA) is 87.3 Å². The zero-order valence-electron chi connectivity index (χ0n) is 9.40. The number of hydrogen-bond acceptors (Lipinski definition) is 6. The highest BCUT2D eigenvalue weighted by atomic mass is 16.5. The summed E-state index contributed by atoms with van der Waals surface area (Å²) in [5.41, 5.74) is 6.15. The number of nitrogens with zero attached hydrogens (tertiary/aromatic N) is 2. The average Bonchev–Trinajstić information content (AvgIpc) is 2.26. The van der Waals surface area contributed by atoms with E-state index in [4.69, 9.17) is 15.2 Å². The SMILES string of the molecule is CCOC(=O)c1cnc(OCCN)nc1C. The van der Waals surface area contributed by atoms with Gasteiger partial charge in [-0.1, -0.05) is 0 Å². The Morgan fingerprint density at radius 1 is 1.56 bits per heavy atom. The molecule has 0 unspecified atom stereocenters. The van der Waals surface area contributed by atoms with Crippen molar-refractivity contribution in [3.05, 3.63) is 17.5 Å². The third-order valence-corrected chi connectivity index (χ3v) is 1.80. The van der Waals surface area contributed by atoms with Gasteiger partial charge in [0, 0.05) is 12.7 Å². The van der Waals surface area contributed by atoms with Gasteiger partial charge in [-0.3, -0.25) is 0 Å². The lowest BCUT2D eigenvalue weighted by atomic mass is 10.2. The van der Waals surface area contributed by atoms with E-state index in [-0.39, 0.29) is 6.01 Å². The summed E-state index contributed by atoms with van der Waals surface area (Å²) in [5.74, 6) is -0.426. The molecule has 0 aliphatic rings. The number of rotatable bonds is 5. The maximum Gasteiger partial charge on any atom is 0.341 e. The van der Waals surface area contributed by atoms with Gasteiger partial charge in [0.05, 0.1) is 17.9 Å². The van der Waals surface area contributed by atoms with Gasteiger partial charge in [0.2, 0.25) is 0 Å². The molecule has 0 atom stereocenters. The minimum absolute atomic E-state index is 0.219. The lowest BCUT2D eigenvalue weighted by Gasteiger charge is -2.06. The summed E-state index contributed by atoms with van der Waals surface area (Å²) in [6, 6.07) is 0.219. The maximum absolute atomic E-state index is 11.4. The maximum atomic E-state index is 11.4. The Kier molecular flexibility index (Phi) is 4.65. The number of ether oxygens (including phenoxy) is 2. The second-order valence-electron chi connectivity index (χ2n) is 3.01. The minimum Gasteiger partial charge on any atom is -0.462 e. The first-order valence-electron chi connectivity index (χ1n) is 5.02. The van der Waals surface area contributed by atoms with E-state index in [9.17, 15) is 4.79 Å². The standard InChI is InChI=1S/C10H15N3O3/c1-3-15-9(14)8-6-12-10(13-7(8)2)16-5-4-11/h6H,3-5,11H2,1-2H3. The first-order valence-corrected chi connectivity index (χ1v) is 5.02. The molecule has 1 heterocycles. The van der Waals surface area contributed by atoms with E-state index < -0.39 is 5.97 Å². The summed E-state index contributed by atoms with van der Waals surface area (Å²) >= 11 is 0. The van der Waals surface area contributed by atoms with Crippen LogP contribution in [0.3, 0.4) is 0 Å². The zero-order chi connectivity index (χ0) is 12.0. The summed E-state index contributed by atoms with van der Waals surface area (Å²) in [6.07, 6.45) is 1.40. The lowest BCUT2D eigenvalue weighted by Crippen LogP contribution is -2.14. The van der Waals surface area contributed by atoms with Crippen LogP contribution in [0, 0.1) is 6.92 Å². The highest BCUT2D eigenvalue weighted by molar-refractivity contribution is 5.90. The van der Waals surface area contributed by atoms with Gasteiger partial charge in [-0.25, -0.2) is 9.78 Å². The van der Waals surface area contributed by atoms with Gasteiger partial charge >= 0.3 is 12.0 Å². The van der Waals surface area contributed by atoms with Crippen molar-refractivity contribution < 1.29 is 14.3 Å². The summed E-state index contributed by atoms with van der Waals surface area (Å²) in [5, 5.41) is 0. The fraction of sp³-hybridized carbons (Fsp3) is 0.500. The predicted octanol–water partition coefficient (Wildman–Crippen LogP) is 0.299. The van der Waals surface area contributed by atoms with Crippen LogP contribution in [0.15, 0.2) is 6.20 Å². The van der Waals surface area contributed by atoms with Crippen molar-refractivity contribution in [2.45, 2.75) is 13.8 Å². The number of hydrogen-bond donors (Lipinski definition) is 1. The molecule has 0 saturated carbocycles. The molecule has 0 fully saturated rings. The molecule has 0 spiro atoms. The van der Waals surface area contributed by atoms with Crippen molar-refractivity contribution in [1.82, 2.24) is 9.97 Å². The van der Waals surface area contributed by atoms with Crippen LogP contribution in [0.25, 0.3) is 0 Å². The highest BCUT2D eigenvalue weighted by Gasteiger charge is 2.12. The summed E-state index contributed by atoms with van der Waals surface area (Å²) < 4.78 is 9.98. The molecule has 1 rings (SSSR count). The molecule has 1 aromatic heterocycles. The van der Waals surface area contributed by atoms with Crippen molar-refractivity contribution in [2.24, 2.45) is 5.73 Å². The quantitative estimate of drug-likeness (QED) is 0.725. The molecular weight excluding hydrogens is 210 g/mol.